The SMILES string of the molecule is CN(Cc1cccc2cc(CN3CCCC3)ccc12)C(=O)/C(C#N)=C/c1ccccc1. The van der Waals surface area contributed by atoms with Crippen LogP contribution in [0.5, 0.6) is 0 Å². The van der Waals surface area contributed by atoms with Crippen LogP contribution in [0.2, 0.25) is 0 Å². The van der Waals surface area contributed by atoms with Crippen LogP contribution in [0, 0.1) is 11.3 Å². The van der Waals surface area contributed by atoms with Gasteiger partial charge in [0.25, 0.3) is 5.91 Å². The molecule has 0 radical (unpaired) electrons. The second-order valence-electron chi connectivity index (χ2n) is 8.20. The third kappa shape index (κ3) is 5.02. The molecule has 1 aliphatic rings. The lowest BCUT2D eigenvalue weighted by Gasteiger charge is -2.19. The van der Waals surface area contributed by atoms with Gasteiger partial charge >= 0.3 is 0 Å². The second-order valence-corrected chi connectivity index (χ2v) is 8.20. The van der Waals surface area contributed by atoms with E-state index < -0.39 is 0 Å². The molecule has 0 aromatic heterocycles. The fourth-order valence-electron chi connectivity index (χ4n) is 4.23. The molecule has 3 aromatic carbocycles. The largest absolute Gasteiger partial charge is 0.337 e. The van der Waals surface area contributed by atoms with E-state index >= 15 is 0 Å². The molecule has 1 saturated heterocycles. The molecule has 3 aromatic rings. The molecule has 0 aliphatic carbocycles. The first-order chi connectivity index (χ1) is 15.1. The van der Waals surface area contributed by atoms with Crippen LogP contribution in [0.15, 0.2) is 72.3 Å². The molecule has 1 fully saturated rings. The van der Waals surface area contributed by atoms with Crippen molar-refractivity contribution in [1.82, 2.24) is 9.80 Å². The lowest BCUT2D eigenvalue weighted by molar-refractivity contribution is -0.125. The van der Waals surface area contributed by atoms with E-state index in [4.69, 9.17) is 0 Å². The van der Waals surface area contributed by atoms with Crippen LogP contribution >= 0.6 is 0 Å². The molecule has 4 rings (SSSR count). The van der Waals surface area contributed by atoms with Crippen LogP contribution in [0.4, 0.5) is 0 Å². The minimum absolute atomic E-state index is 0.141. The molecule has 0 N–H and O–H groups in total. The number of likely N-dealkylation sites (tertiary alicyclic amines) is 1. The highest BCUT2D eigenvalue weighted by Crippen LogP contribution is 2.23. The van der Waals surface area contributed by atoms with E-state index in [2.05, 4.69) is 41.3 Å². The van der Waals surface area contributed by atoms with Gasteiger partial charge in [-0.25, -0.2) is 0 Å². The first-order valence-corrected chi connectivity index (χ1v) is 10.8. The van der Waals surface area contributed by atoms with Crippen LogP contribution in [-0.2, 0) is 17.9 Å². The molecule has 4 nitrogen and oxygen atoms in total. The smallest absolute Gasteiger partial charge is 0.264 e. The fraction of sp³-hybridized carbons (Fsp3) is 0.259. The monoisotopic (exact) mass is 409 g/mol. The Morgan fingerprint density at radius 3 is 2.58 bits per heavy atom. The molecule has 156 valence electrons. The summed E-state index contributed by atoms with van der Waals surface area (Å²) in [6.07, 6.45) is 4.23. The standard InChI is InChI=1S/C27H27N3O/c1-29(27(31)25(18-28)16-21-8-3-2-4-9-21)20-24-11-7-10-23-17-22(12-13-26(23)24)19-30-14-5-6-15-30/h2-4,7-13,16-17H,5-6,14-15,19-20H2,1H3/b25-16+. The van der Waals surface area contributed by atoms with Gasteiger partial charge in [0.2, 0.25) is 0 Å². The summed E-state index contributed by atoms with van der Waals surface area (Å²) in [6.45, 7) is 3.81. The van der Waals surface area contributed by atoms with E-state index in [0.29, 0.717) is 6.54 Å². The van der Waals surface area contributed by atoms with Crippen LogP contribution in [-0.4, -0.2) is 35.8 Å². The zero-order chi connectivity index (χ0) is 21.6. The van der Waals surface area contributed by atoms with Crippen molar-refractivity contribution in [2.45, 2.75) is 25.9 Å². The van der Waals surface area contributed by atoms with Crippen LogP contribution in [0.3, 0.4) is 0 Å². The number of amides is 1. The van der Waals surface area contributed by atoms with Gasteiger partial charge < -0.3 is 4.90 Å². The van der Waals surface area contributed by atoms with Gasteiger partial charge in [0, 0.05) is 20.1 Å². The Kier molecular flexibility index (Phi) is 6.45. The molecule has 31 heavy (non-hydrogen) atoms. The number of rotatable bonds is 6. The van der Waals surface area contributed by atoms with Crippen molar-refractivity contribution >= 4 is 22.8 Å². The van der Waals surface area contributed by atoms with E-state index in [1.54, 1.807) is 18.0 Å². The van der Waals surface area contributed by atoms with Crippen molar-refractivity contribution in [3.05, 3.63) is 89.0 Å². The van der Waals surface area contributed by atoms with Crippen LogP contribution < -0.4 is 0 Å². The Morgan fingerprint density at radius 2 is 1.84 bits per heavy atom. The molecule has 1 amide bonds. The first kappa shape index (κ1) is 20.8. The maximum absolute atomic E-state index is 12.9. The van der Waals surface area contributed by atoms with E-state index in [1.165, 1.54) is 36.9 Å². The summed E-state index contributed by atoms with van der Waals surface area (Å²) in [6, 6.07) is 24.4. The van der Waals surface area contributed by atoms with E-state index in [1.807, 2.05) is 36.4 Å². The highest BCUT2D eigenvalue weighted by molar-refractivity contribution is 6.01. The molecule has 0 spiro atoms. The van der Waals surface area contributed by atoms with Gasteiger partial charge in [0.1, 0.15) is 11.6 Å². The second kappa shape index (κ2) is 9.59. The number of benzene rings is 3. The average molecular weight is 410 g/mol. The summed E-state index contributed by atoms with van der Waals surface area (Å²) in [5.74, 6) is -0.269. The predicted octanol–water partition coefficient (Wildman–Crippen LogP) is 5.00. The zero-order valence-corrected chi connectivity index (χ0v) is 17.9. The number of likely N-dealkylation sites (N-methyl/N-ethyl adjacent to an activating group) is 1. The lowest BCUT2D eigenvalue weighted by atomic mass is 10.0. The molecule has 0 bridgehead atoms. The number of nitriles is 1. The summed E-state index contributed by atoms with van der Waals surface area (Å²) in [5, 5.41) is 11.9. The van der Waals surface area contributed by atoms with Crippen molar-refractivity contribution < 1.29 is 4.79 Å². The minimum Gasteiger partial charge on any atom is -0.337 e. The van der Waals surface area contributed by atoms with Crippen molar-refractivity contribution in [1.29, 1.82) is 5.26 Å². The van der Waals surface area contributed by atoms with Gasteiger partial charge in [-0.1, -0.05) is 60.7 Å². The van der Waals surface area contributed by atoms with Gasteiger partial charge in [-0.05, 0) is 65.5 Å². The van der Waals surface area contributed by atoms with E-state index in [9.17, 15) is 10.1 Å². The number of carbonyl (C=O) groups is 1. The van der Waals surface area contributed by atoms with Crippen molar-refractivity contribution in [3.63, 3.8) is 0 Å². The van der Waals surface area contributed by atoms with Crippen LogP contribution in [0.25, 0.3) is 16.8 Å². The molecular formula is C27H27N3O. The highest BCUT2D eigenvalue weighted by Gasteiger charge is 2.16. The lowest BCUT2D eigenvalue weighted by Crippen LogP contribution is -2.27. The van der Waals surface area contributed by atoms with E-state index in [-0.39, 0.29) is 11.5 Å². The van der Waals surface area contributed by atoms with Crippen LogP contribution in [0.1, 0.15) is 29.5 Å². The number of fused-ring (bicyclic) bond motifs is 1. The Bertz CT molecular complexity index is 1140. The maximum Gasteiger partial charge on any atom is 0.264 e. The molecule has 1 heterocycles. The minimum atomic E-state index is -0.269. The van der Waals surface area contributed by atoms with Crippen molar-refractivity contribution in [2.75, 3.05) is 20.1 Å². The number of hydrogen-bond donors (Lipinski definition) is 0. The average Bonchev–Trinajstić information content (AvgIpc) is 3.30. The van der Waals surface area contributed by atoms with Crippen molar-refractivity contribution in [2.24, 2.45) is 0 Å². The molecule has 4 heteroatoms. The Morgan fingerprint density at radius 1 is 1.06 bits per heavy atom. The number of carbonyl (C=O) groups excluding carboxylic acids is 1. The molecule has 0 saturated carbocycles. The third-order valence-electron chi connectivity index (χ3n) is 5.86. The summed E-state index contributed by atoms with van der Waals surface area (Å²) in [5.41, 5.74) is 3.39. The maximum atomic E-state index is 12.9. The normalized spacial score (nSPS) is 14.5. The molecule has 0 atom stereocenters. The van der Waals surface area contributed by atoms with Gasteiger partial charge in [-0.3, -0.25) is 9.69 Å². The quantitative estimate of drug-likeness (QED) is 0.425. The summed E-state index contributed by atoms with van der Waals surface area (Å²) in [7, 11) is 1.75. The molecule has 0 unspecified atom stereocenters. The first-order valence-electron chi connectivity index (χ1n) is 10.8. The van der Waals surface area contributed by atoms with Gasteiger partial charge in [0.15, 0.2) is 0 Å². The van der Waals surface area contributed by atoms with Crippen molar-refractivity contribution in [3.8, 4) is 6.07 Å². The van der Waals surface area contributed by atoms with Gasteiger partial charge in [-0.15, -0.1) is 0 Å². The highest BCUT2D eigenvalue weighted by atomic mass is 16.2. The Labute approximate surface area is 184 Å². The summed E-state index contributed by atoms with van der Waals surface area (Å²) >= 11 is 0. The topological polar surface area (TPSA) is 47.3 Å². The number of nitrogens with zero attached hydrogens (tertiary/aromatic N) is 3. The Hall–Kier alpha value is -3.42. The Balaban J connectivity index is 1.52. The van der Waals surface area contributed by atoms with Gasteiger partial charge in [0.05, 0.1) is 0 Å². The van der Waals surface area contributed by atoms with Gasteiger partial charge in [-0.2, -0.15) is 5.26 Å². The fourth-order valence-corrected chi connectivity index (χ4v) is 4.23. The zero-order valence-electron chi connectivity index (χ0n) is 17.9. The molecular weight excluding hydrogens is 382 g/mol. The molecule has 1 aliphatic heterocycles. The summed E-state index contributed by atoms with van der Waals surface area (Å²) in [4.78, 5) is 17.0. The number of hydrogen-bond acceptors (Lipinski definition) is 3. The summed E-state index contributed by atoms with van der Waals surface area (Å²) < 4.78 is 0. The van der Waals surface area contributed by atoms with E-state index in [0.717, 1.165) is 23.1 Å². The third-order valence-corrected chi connectivity index (χ3v) is 5.86. The predicted molar refractivity (Wildman–Crippen MR) is 125 cm³/mol.